The Balaban J connectivity index is 2.97. The fraction of sp³-hybridized carbons (Fsp3) is 0.774. The van der Waals surface area contributed by atoms with Crippen molar-refractivity contribution in [1.29, 1.82) is 0 Å². The third-order valence-electron chi connectivity index (χ3n) is 16.7. The Morgan fingerprint density at radius 3 is 1.49 bits per heavy atom. The third-order valence-corrected chi connectivity index (χ3v) is 16.7. The largest absolute Gasteiger partial charge is 0.510 e. The first kappa shape index (κ1) is 74.8. The molecule has 1 saturated heterocycles. The van der Waals surface area contributed by atoms with Crippen LogP contribution in [0.1, 0.15) is 149 Å². The monoisotopic (exact) mass is 1200 g/mol. The molecule has 6 N–H and O–H groups in total. The molecule has 0 radical (unpaired) electrons. The molecule has 23 heteroatoms. The quantitative estimate of drug-likeness (QED) is 0.144. The lowest BCUT2D eigenvalue weighted by Crippen LogP contribution is -2.63. The average molecular weight is 1200 g/mol. The van der Waals surface area contributed by atoms with E-state index in [9.17, 15) is 48.6 Å². The van der Waals surface area contributed by atoms with Gasteiger partial charge in [-0.15, -0.1) is 0 Å². The molecule has 2 aliphatic heterocycles. The van der Waals surface area contributed by atoms with Gasteiger partial charge >= 0.3 is 0 Å². The molecule has 23 nitrogen and oxygen atoms in total. The fourth-order valence-electron chi connectivity index (χ4n) is 11.3. The zero-order chi connectivity index (χ0) is 65.6. The first-order valence-corrected chi connectivity index (χ1v) is 30.5. The summed E-state index contributed by atoms with van der Waals surface area (Å²) in [7, 11) is 10.2. The van der Waals surface area contributed by atoms with Crippen LogP contribution < -0.4 is 21.3 Å². The van der Waals surface area contributed by atoms with Crippen LogP contribution in [0.5, 0.6) is 0 Å². The van der Waals surface area contributed by atoms with Crippen LogP contribution in [0.3, 0.4) is 0 Å². The van der Waals surface area contributed by atoms with Gasteiger partial charge in [0.2, 0.25) is 59.1 Å². The normalized spacial score (nSPS) is 28.4. The highest BCUT2D eigenvalue weighted by molar-refractivity contribution is 5.98. The SMILES string of the molecule is C/C=C/CC(C)C(O)C1C(=O)NC(CC)C(=O)N(C)CC(=O)N(C)C(CC(C)C)C(=O)NC(C(C)C)C2=C(O)C(C)CC(C(=O)NC(C)C(=O)NC(C)C(=O)N(C)C(CC(C)C)C(=O)N(C)C(CC(C)C)C(=O)N(C)C(C(C)C)C(=O)N1C)N2C. The van der Waals surface area contributed by atoms with Crippen molar-refractivity contribution in [2.75, 3.05) is 55.9 Å². The number of likely N-dealkylation sites (N-methyl/N-ethyl adjacent to an activating group) is 7. The number of allylic oxidation sites excluding steroid dienone is 3. The molecule has 0 aromatic rings. The van der Waals surface area contributed by atoms with E-state index in [1.165, 1.54) is 75.7 Å². The van der Waals surface area contributed by atoms with E-state index in [2.05, 4.69) is 21.3 Å². The van der Waals surface area contributed by atoms with E-state index >= 15 is 9.59 Å². The summed E-state index contributed by atoms with van der Waals surface area (Å²) in [4.78, 5) is 155. The summed E-state index contributed by atoms with van der Waals surface area (Å²) in [6.07, 6.45) is 3.11. The van der Waals surface area contributed by atoms with Gasteiger partial charge < -0.3 is 65.8 Å². The molecule has 484 valence electrons. The molecule has 0 aliphatic carbocycles. The molecule has 2 rings (SSSR count). The van der Waals surface area contributed by atoms with Gasteiger partial charge in [0.05, 0.1) is 24.4 Å². The van der Waals surface area contributed by atoms with E-state index in [1.807, 2.05) is 61.5 Å². The van der Waals surface area contributed by atoms with E-state index in [4.69, 9.17) is 0 Å². The number of rotatable bonds is 13. The number of amides is 10. The van der Waals surface area contributed by atoms with Crippen molar-refractivity contribution in [3.8, 4) is 0 Å². The van der Waals surface area contributed by atoms with Crippen molar-refractivity contribution in [3.05, 3.63) is 23.6 Å². The molecule has 0 aromatic carbocycles. The lowest BCUT2D eigenvalue weighted by Gasteiger charge is -2.43. The van der Waals surface area contributed by atoms with Crippen molar-refractivity contribution in [2.24, 2.45) is 41.4 Å². The van der Waals surface area contributed by atoms with Gasteiger partial charge in [-0.3, -0.25) is 47.9 Å². The van der Waals surface area contributed by atoms with E-state index in [0.717, 1.165) is 9.80 Å². The molecule has 2 heterocycles. The van der Waals surface area contributed by atoms with Crippen LogP contribution in [-0.4, -0.2) is 226 Å². The lowest BCUT2D eigenvalue weighted by molar-refractivity contribution is -0.157. The number of carbonyl (C=O) groups excluding carboxylic acids is 10. The van der Waals surface area contributed by atoms with Gasteiger partial charge in [-0.25, -0.2) is 0 Å². The van der Waals surface area contributed by atoms with Gasteiger partial charge in [-0.05, 0) is 94.8 Å². The molecular weight excluding hydrogens is 1090 g/mol. The molecular formula is C62H109N11O12. The number of carbonyl (C=O) groups is 10. The molecule has 0 spiro atoms. The molecule has 2 bridgehead atoms. The third kappa shape index (κ3) is 19.4. The second kappa shape index (κ2) is 33.0. The highest BCUT2D eigenvalue weighted by atomic mass is 16.3. The van der Waals surface area contributed by atoms with Gasteiger partial charge in [-0.1, -0.05) is 102 Å². The van der Waals surface area contributed by atoms with Gasteiger partial charge in [-0.2, -0.15) is 0 Å². The summed E-state index contributed by atoms with van der Waals surface area (Å²) in [6.45, 7) is 27.7. The summed E-state index contributed by atoms with van der Waals surface area (Å²) in [6, 6.07) is -11.7. The zero-order valence-electron chi connectivity index (χ0n) is 55.6. The zero-order valence-corrected chi connectivity index (χ0v) is 55.6. The number of aliphatic hydroxyl groups excluding tert-OH is 2. The summed E-state index contributed by atoms with van der Waals surface area (Å²) in [5.74, 6) is -9.06. The van der Waals surface area contributed by atoms with Gasteiger partial charge in [0.1, 0.15) is 60.1 Å². The highest BCUT2D eigenvalue weighted by Crippen LogP contribution is 2.34. The summed E-state index contributed by atoms with van der Waals surface area (Å²) in [5.41, 5.74) is 0.263. The number of hydrogen-bond acceptors (Lipinski definition) is 13. The minimum absolute atomic E-state index is 0.0329. The Bertz CT molecular complexity index is 2410. The van der Waals surface area contributed by atoms with E-state index in [-0.39, 0.29) is 67.2 Å². The van der Waals surface area contributed by atoms with Crippen molar-refractivity contribution in [1.82, 2.24) is 55.6 Å². The summed E-state index contributed by atoms with van der Waals surface area (Å²) >= 11 is 0. The standard InChI is InChI=1S/C62H109N11O12/c1-24-26-27-38(13)52(75)51-57(80)65-42(25-2)59(82)67(17)32-47(74)68(18)43(28-33(3)4)56(79)66-48(36(9)10)50-53(76)39(14)31-44(69(50)19)55(78)63-40(15)54(77)64-41(16)58(81)70(20)45(29-34(5)6)60(83)71(21)46(30-35(7)8)61(84)72(22)49(37(11)12)62(85)73(51)23/h24,26,33-46,48-49,51-52,75-76H,25,27-32H2,1-23H3,(H,63,78)(H,64,77)(H,65,80)(H,66,79)/b26-24+. The molecule has 13 unspecified atom stereocenters. The lowest BCUT2D eigenvalue weighted by atomic mass is 9.86. The van der Waals surface area contributed by atoms with Crippen LogP contribution >= 0.6 is 0 Å². The second-order valence-electron chi connectivity index (χ2n) is 26.0. The maximum Gasteiger partial charge on any atom is 0.246 e. The van der Waals surface area contributed by atoms with E-state index < -0.39 is 150 Å². The number of nitrogens with one attached hydrogen (secondary N) is 4. The Morgan fingerprint density at radius 2 is 1.01 bits per heavy atom. The predicted octanol–water partition coefficient (Wildman–Crippen LogP) is 3.51. The molecule has 0 aromatic heterocycles. The Hall–Kier alpha value is -6.26. The van der Waals surface area contributed by atoms with Crippen molar-refractivity contribution in [2.45, 2.75) is 216 Å². The number of nitrogens with zero attached hydrogens (tertiary/aromatic N) is 7. The Kier molecular flexibility index (Phi) is 29.1. The molecule has 85 heavy (non-hydrogen) atoms. The van der Waals surface area contributed by atoms with Crippen LogP contribution in [0.25, 0.3) is 0 Å². The molecule has 0 saturated carbocycles. The average Bonchev–Trinajstić information content (AvgIpc) is 1.76. The van der Waals surface area contributed by atoms with Crippen molar-refractivity contribution in [3.63, 3.8) is 0 Å². The van der Waals surface area contributed by atoms with Crippen molar-refractivity contribution < 1.29 is 58.2 Å². The minimum atomic E-state index is -1.60. The van der Waals surface area contributed by atoms with Gasteiger partial charge in [0, 0.05) is 55.3 Å². The first-order valence-electron chi connectivity index (χ1n) is 30.5. The fourth-order valence-corrected chi connectivity index (χ4v) is 11.3. The molecule has 13 atom stereocenters. The maximum atomic E-state index is 15.1. The second-order valence-corrected chi connectivity index (χ2v) is 26.0. The Morgan fingerprint density at radius 1 is 0.529 bits per heavy atom. The van der Waals surface area contributed by atoms with E-state index in [0.29, 0.717) is 6.42 Å². The smallest absolute Gasteiger partial charge is 0.246 e. The molecule has 10 amide bonds. The van der Waals surface area contributed by atoms with Crippen LogP contribution in [0.15, 0.2) is 23.6 Å². The van der Waals surface area contributed by atoms with Crippen LogP contribution in [0, 0.1) is 41.4 Å². The molecule has 1 fully saturated rings. The van der Waals surface area contributed by atoms with Crippen LogP contribution in [0.4, 0.5) is 0 Å². The van der Waals surface area contributed by atoms with Crippen LogP contribution in [-0.2, 0) is 47.9 Å². The van der Waals surface area contributed by atoms with Gasteiger partial charge in [0.15, 0.2) is 0 Å². The number of aliphatic hydroxyl groups is 2. The number of fused-ring (bicyclic) bond motifs is 2. The molecule has 2 aliphatic rings. The summed E-state index contributed by atoms with van der Waals surface area (Å²) < 4.78 is 0. The maximum absolute atomic E-state index is 15.1. The van der Waals surface area contributed by atoms with Crippen LogP contribution in [0.2, 0.25) is 0 Å². The number of hydrogen-bond donors (Lipinski definition) is 6. The predicted molar refractivity (Wildman–Crippen MR) is 327 cm³/mol. The topological polar surface area (TPSA) is 282 Å². The van der Waals surface area contributed by atoms with E-state index in [1.54, 1.807) is 59.6 Å². The highest BCUT2D eigenvalue weighted by Gasteiger charge is 2.46. The first-order chi connectivity index (χ1) is 39.3. The minimum Gasteiger partial charge on any atom is -0.510 e. The van der Waals surface area contributed by atoms with Gasteiger partial charge in [0.25, 0.3) is 0 Å². The summed E-state index contributed by atoms with van der Waals surface area (Å²) in [5, 5.41) is 35.2. The van der Waals surface area contributed by atoms with Crippen molar-refractivity contribution >= 4 is 59.1 Å². The Labute approximate surface area is 507 Å².